The Kier molecular flexibility index (Phi) is 12.6. The maximum atomic E-state index is 11.5. The van der Waals surface area contributed by atoms with Crippen LogP contribution in [0.5, 0.6) is 0 Å². The number of methoxy groups -OCH3 is 1. The van der Waals surface area contributed by atoms with Gasteiger partial charge in [-0.25, -0.2) is 0 Å². The van der Waals surface area contributed by atoms with Crippen LogP contribution in [0.4, 0.5) is 0 Å². The van der Waals surface area contributed by atoms with Gasteiger partial charge in [0.25, 0.3) is 0 Å². The van der Waals surface area contributed by atoms with Crippen molar-refractivity contribution in [3.05, 3.63) is 0 Å². The van der Waals surface area contributed by atoms with Crippen LogP contribution in [0.2, 0.25) is 0 Å². The van der Waals surface area contributed by atoms with Gasteiger partial charge in [0.1, 0.15) is 0 Å². The van der Waals surface area contributed by atoms with Crippen LogP contribution < -0.4 is 11.1 Å². The predicted molar refractivity (Wildman–Crippen MR) is 83.3 cm³/mol. The summed E-state index contributed by atoms with van der Waals surface area (Å²) in [5.74, 6) is -0.289. The normalized spacial score (nSPS) is 14.0. The summed E-state index contributed by atoms with van der Waals surface area (Å²) in [6.45, 7) is 7.79. The zero-order valence-corrected chi connectivity index (χ0v) is 13.8. The molecule has 0 radical (unpaired) electrons. The molecule has 0 saturated heterocycles. The molecule has 0 aliphatic carbocycles. The number of rotatable bonds is 15. The molecule has 1 unspecified atom stereocenters. The molecule has 0 heterocycles. The highest BCUT2D eigenvalue weighted by Crippen LogP contribution is 2.13. The number of hydrogen-bond acceptors (Lipinski definition) is 5. The highest BCUT2D eigenvalue weighted by Gasteiger charge is 2.29. The fourth-order valence-corrected chi connectivity index (χ4v) is 1.85. The smallest absolute Gasteiger partial charge is 0.237 e. The molecule has 126 valence electrons. The molecule has 0 aliphatic rings. The van der Waals surface area contributed by atoms with Crippen LogP contribution in [-0.4, -0.2) is 58.1 Å². The van der Waals surface area contributed by atoms with E-state index in [-0.39, 0.29) is 5.91 Å². The van der Waals surface area contributed by atoms with E-state index in [1.54, 1.807) is 7.11 Å². The molecule has 0 aromatic rings. The average Bonchev–Trinajstić information content (AvgIpc) is 2.47. The molecule has 3 N–H and O–H groups in total. The summed E-state index contributed by atoms with van der Waals surface area (Å²) in [5.41, 5.74) is 4.86. The molecule has 6 heteroatoms. The van der Waals surface area contributed by atoms with Crippen molar-refractivity contribution < 1.29 is 19.0 Å². The lowest BCUT2D eigenvalue weighted by Gasteiger charge is -2.27. The molecular weight excluding hydrogens is 272 g/mol. The average molecular weight is 304 g/mol. The lowest BCUT2D eigenvalue weighted by atomic mass is 9.94. The first-order chi connectivity index (χ1) is 10.1. The lowest BCUT2D eigenvalue weighted by Crippen LogP contribution is -2.53. The third-order valence-corrected chi connectivity index (χ3v) is 3.33. The van der Waals surface area contributed by atoms with Crippen LogP contribution >= 0.6 is 0 Å². The van der Waals surface area contributed by atoms with Crippen LogP contribution in [-0.2, 0) is 19.0 Å². The first-order valence-corrected chi connectivity index (χ1v) is 7.76. The van der Waals surface area contributed by atoms with Gasteiger partial charge in [0.15, 0.2) is 0 Å². The summed E-state index contributed by atoms with van der Waals surface area (Å²) in [4.78, 5) is 11.5. The largest absolute Gasteiger partial charge is 0.382 e. The Morgan fingerprint density at radius 2 is 1.71 bits per heavy atom. The molecule has 0 bridgehead atoms. The number of ether oxygens (including phenoxy) is 3. The van der Waals surface area contributed by atoms with E-state index in [0.29, 0.717) is 33.0 Å². The van der Waals surface area contributed by atoms with E-state index < -0.39 is 5.54 Å². The van der Waals surface area contributed by atoms with Crippen LogP contribution in [0.25, 0.3) is 0 Å². The fraction of sp³-hybridized carbons (Fsp3) is 0.933. The second kappa shape index (κ2) is 13.0. The summed E-state index contributed by atoms with van der Waals surface area (Å²) in [5, 5.41) is 3.23. The minimum Gasteiger partial charge on any atom is -0.382 e. The van der Waals surface area contributed by atoms with Crippen molar-refractivity contribution in [3.8, 4) is 0 Å². The second-order valence-electron chi connectivity index (χ2n) is 5.30. The summed E-state index contributed by atoms with van der Waals surface area (Å²) >= 11 is 0. The van der Waals surface area contributed by atoms with Crippen molar-refractivity contribution in [2.75, 3.05) is 46.7 Å². The molecule has 0 aromatic heterocycles. The number of amides is 1. The topological polar surface area (TPSA) is 82.8 Å². The molecule has 0 aromatic carbocycles. The first kappa shape index (κ1) is 20.3. The Balaban J connectivity index is 3.56. The van der Waals surface area contributed by atoms with Crippen molar-refractivity contribution >= 4 is 5.91 Å². The van der Waals surface area contributed by atoms with Crippen molar-refractivity contribution in [1.82, 2.24) is 5.32 Å². The SMILES string of the molecule is CCCNC(C)(CCCCOCCOCCOC)C(N)=O. The van der Waals surface area contributed by atoms with E-state index in [4.69, 9.17) is 19.9 Å². The molecular formula is C15H32N2O4. The highest BCUT2D eigenvalue weighted by molar-refractivity contribution is 5.84. The third-order valence-electron chi connectivity index (χ3n) is 3.33. The van der Waals surface area contributed by atoms with E-state index >= 15 is 0 Å². The van der Waals surface area contributed by atoms with E-state index in [0.717, 1.165) is 32.2 Å². The van der Waals surface area contributed by atoms with Gasteiger partial charge in [-0.2, -0.15) is 0 Å². The number of unbranched alkanes of at least 4 members (excludes halogenated alkanes) is 1. The summed E-state index contributed by atoms with van der Waals surface area (Å²) < 4.78 is 15.6. The number of nitrogens with one attached hydrogen (secondary N) is 1. The van der Waals surface area contributed by atoms with E-state index in [1.165, 1.54) is 0 Å². The quantitative estimate of drug-likeness (QED) is 0.442. The van der Waals surface area contributed by atoms with E-state index in [1.807, 2.05) is 6.92 Å². The van der Waals surface area contributed by atoms with Gasteiger partial charge in [0.05, 0.1) is 32.0 Å². The second-order valence-corrected chi connectivity index (χ2v) is 5.30. The molecule has 0 fully saturated rings. The molecule has 0 spiro atoms. The Bertz CT molecular complexity index is 264. The van der Waals surface area contributed by atoms with Crippen LogP contribution in [0.15, 0.2) is 0 Å². The molecule has 1 amide bonds. The monoisotopic (exact) mass is 304 g/mol. The number of hydrogen-bond donors (Lipinski definition) is 2. The van der Waals surface area contributed by atoms with E-state index in [2.05, 4.69) is 12.2 Å². The lowest BCUT2D eigenvalue weighted by molar-refractivity contribution is -0.124. The molecule has 21 heavy (non-hydrogen) atoms. The van der Waals surface area contributed by atoms with Crippen LogP contribution in [0.3, 0.4) is 0 Å². The van der Waals surface area contributed by atoms with Gasteiger partial charge in [0.2, 0.25) is 5.91 Å². The third kappa shape index (κ3) is 10.6. The number of primary amides is 1. The van der Waals surface area contributed by atoms with Gasteiger partial charge in [0, 0.05) is 13.7 Å². The number of nitrogens with two attached hydrogens (primary N) is 1. The van der Waals surface area contributed by atoms with Crippen molar-refractivity contribution in [3.63, 3.8) is 0 Å². The number of carbonyl (C=O) groups excluding carboxylic acids is 1. The van der Waals surface area contributed by atoms with Crippen molar-refractivity contribution in [2.24, 2.45) is 5.73 Å². The maximum Gasteiger partial charge on any atom is 0.237 e. The van der Waals surface area contributed by atoms with Gasteiger partial charge < -0.3 is 25.3 Å². The molecule has 0 rings (SSSR count). The van der Waals surface area contributed by atoms with Crippen molar-refractivity contribution in [2.45, 2.75) is 45.1 Å². The number of carbonyl (C=O) groups is 1. The maximum absolute atomic E-state index is 11.5. The van der Waals surface area contributed by atoms with Crippen LogP contribution in [0.1, 0.15) is 39.5 Å². The zero-order valence-electron chi connectivity index (χ0n) is 13.8. The van der Waals surface area contributed by atoms with Gasteiger partial charge in [-0.1, -0.05) is 6.92 Å². The predicted octanol–water partition coefficient (Wildman–Crippen LogP) is 1.08. The van der Waals surface area contributed by atoms with Gasteiger partial charge >= 0.3 is 0 Å². The Hall–Kier alpha value is -0.690. The molecule has 1 atom stereocenters. The Morgan fingerprint density at radius 1 is 1.10 bits per heavy atom. The summed E-state index contributed by atoms with van der Waals surface area (Å²) in [7, 11) is 1.65. The summed E-state index contributed by atoms with van der Waals surface area (Å²) in [6.07, 6.45) is 3.53. The van der Waals surface area contributed by atoms with Gasteiger partial charge in [-0.05, 0) is 39.2 Å². The van der Waals surface area contributed by atoms with Crippen molar-refractivity contribution in [1.29, 1.82) is 0 Å². The van der Waals surface area contributed by atoms with Gasteiger partial charge in [-0.3, -0.25) is 4.79 Å². The standard InChI is InChI=1S/C15H32N2O4/c1-4-8-17-15(2,14(16)18)7-5-6-9-20-12-13-21-11-10-19-3/h17H,4-13H2,1-3H3,(H2,16,18). The highest BCUT2D eigenvalue weighted by atomic mass is 16.5. The molecule has 6 nitrogen and oxygen atoms in total. The van der Waals surface area contributed by atoms with Crippen LogP contribution in [0, 0.1) is 0 Å². The first-order valence-electron chi connectivity index (χ1n) is 7.76. The minimum atomic E-state index is -0.612. The van der Waals surface area contributed by atoms with Gasteiger partial charge in [-0.15, -0.1) is 0 Å². The zero-order chi connectivity index (χ0) is 16.0. The Labute approximate surface area is 128 Å². The minimum absolute atomic E-state index is 0.289. The van der Waals surface area contributed by atoms with E-state index in [9.17, 15) is 4.79 Å². The molecule has 0 aliphatic heterocycles. The summed E-state index contributed by atoms with van der Waals surface area (Å²) in [6, 6.07) is 0. The fourth-order valence-electron chi connectivity index (χ4n) is 1.85. The molecule has 0 saturated carbocycles. The Morgan fingerprint density at radius 3 is 2.29 bits per heavy atom.